The normalized spacial score (nSPS) is 14.6. The van der Waals surface area contributed by atoms with Crippen molar-refractivity contribution in [1.82, 2.24) is 0 Å². The van der Waals surface area contributed by atoms with Crippen LogP contribution in [-0.2, 0) is 19.3 Å². The lowest BCUT2D eigenvalue weighted by Crippen LogP contribution is -2.33. The lowest BCUT2D eigenvalue weighted by molar-refractivity contribution is 0.0854. The van der Waals surface area contributed by atoms with Gasteiger partial charge in [-0.1, -0.05) is 40.5 Å². The first-order valence-corrected chi connectivity index (χ1v) is 19.2. The Morgan fingerprint density at radius 1 is 0.745 bits per heavy atom. The fourth-order valence-electron chi connectivity index (χ4n) is 7.08. The van der Waals surface area contributed by atoms with Crippen LogP contribution in [0.25, 0.3) is 28.0 Å². The molecule has 2 aliphatic heterocycles. The van der Waals surface area contributed by atoms with Crippen LogP contribution in [0, 0.1) is 0 Å². The van der Waals surface area contributed by atoms with Crippen LogP contribution in [0.2, 0.25) is 0 Å². The highest BCUT2D eigenvalue weighted by molar-refractivity contribution is 6.13. The minimum absolute atomic E-state index is 0.101. The summed E-state index contributed by atoms with van der Waals surface area (Å²) in [6.45, 7) is 17.6. The molecule has 0 saturated heterocycles. The number of rotatable bonds is 10. The molecule has 4 aromatic rings. The maximum absolute atomic E-state index is 12.7. The van der Waals surface area contributed by atoms with Gasteiger partial charge >= 0.3 is 11.3 Å². The monoisotopic (exact) mass is 760 g/mol. The van der Waals surface area contributed by atoms with Crippen molar-refractivity contribution in [2.24, 2.45) is 0 Å². The first kappa shape index (κ1) is 42.8. The van der Waals surface area contributed by atoms with Gasteiger partial charge in [0.2, 0.25) is 0 Å². The van der Waals surface area contributed by atoms with E-state index in [-0.39, 0.29) is 35.8 Å². The molecule has 0 radical (unpaired) electrons. The summed E-state index contributed by atoms with van der Waals surface area (Å²) in [6, 6.07) is 3.01. The number of benzene rings is 2. The van der Waals surface area contributed by atoms with E-state index in [1.165, 1.54) is 19.2 Å². The van der Waals surface area contributed by atoms with Crippen LogP contribution in [0.4, 0.5) is 0 Å². The Hall–Kier alpha value is -4.90. The maximum atomic E-state index is 12.7. The Bertz CT molecular complexity index is 2220. The van der Waals surface area contributed by atoms with E-state index in [4.69, 9.17) is 32.9 Å². The third-order valence-electron chi connectivity index (χ3n) is 9.50. The van der Waals surface area contributed by atoms with Gasteiger partial charge in [0, 0.05) is 37.1 Å². The molecule has 0 atom stereocenters. The molecular formula is C44H56O11. The number of carbonyl (C=O) groups excluding carboxylic acids is 2. The van der Waals surface area contributed by atoms with Gasteiger partial charge in [0.05, 0.1) is 30.6 Å². The molecular weight excluding hydrogens is 704 g/mol. The molecule has 55 heavy (non-hydrogen) atoms. The van der Waals surface area contributed by atoms with E-state index < -0.39 is 16.9 Å². The van der Waals surface area contributed by atoms with E-state index in [9.17, 15) is 19.2 Å². The van der Waals surface area contributed by atoms with Crippen molar-refractivity contribution < 1.29 is 42.5 Å². The van der Waals surface area contributed by atoms with Crippen molar-refractivity contribution >= 4 is 39.6 Å². The van der Waals surface area contributed by atoms with Crippen LogP contribution >= 0.6 is 0 Å². The molecule has 298 valence electrons. The number of aliphatic hydroxyl groups excluding tert-OH is 1. The summed E-state index contributed by atoms with van der Waals surface area (Å²) in [7, 11) is 3.05. The molecule has 2 aromatic heterocycles. The predicted molar refractivity (Wildman–Crippen MR) is 215 cm³/mol. The molecule has 0 unspecified atom stereocenters. The molecule has 0 fully saturated rings. The summed E-state index contributed by atoms with van der Waals surface area (Å²) in [4.78, 5) is 49.8. The summed E-state index contributed by atoms with van der Waals surface area (Å²) in [5.41, 5.74) is 2.74. The first-order valence-electron chi connectivity index (χ1n) is 19.2. The van der Waals surface area contributed by atoms with Gasteiger partial charge in [0.25, 0.3) is 0 Å². The van der Waals surface area contributed by atoms with Gasteiger partial charge in [-0.3, -0.25) is 9.59 Å². The number of ether oxygens (including phenoxy) is 4. The smallest absolute Gasteiger partial charge is 0.336 e. The fourth-order valence-corrected chi connectivity index (χ4v) is 7.08. The summed E-state index contributed by atoms with van der Waals surface area (Å²) < 4.78 is 34.8. The van der Waals surface area contributed by atoms with Crippen LogP contribution in [0.5, 0.6) is 23.0 Å². The Morgan fingerprint density at radius 3 is 1.67 bits per heavy atom. The lowest BCUT2D eigenvalue weighted by atomic mass is 9.88. The van der Waals surface area contributed by atoms with E-state index in [0.717, 1.165) is 47.8 Å². The number of hydrogen-bond donors (Lipinski definition) is 1. The highest BCUT2D eigenvalue weighted by Gasteiger charge is 2.36. The van der Waals surface area contributed by atoms with Crippen LogP contribution < -0.4 is 30.2 Å². The molecule has 2 aliphatic rings. The number of methoxy groups -OCH3 is 2. The maximum Gasteiger partial charge on any atom is 0.336 e. The average molecular weight is 761 g/mol. The largest absolute Gasteiger partial charge is 0.495 e. The molecule has 6 rings (SSSR count). The number of aliphatic hydroxyl groups is 1. The minimum Gasteiger partial charge on any atom is -0.495 e. The summed E-state index contributed by atoms with van der Waals surface area (Å²) in [6.07, 6.45) is 9.14. The second-order valence-corrected chi connectivity index (χ2v) is 14.7. The zero-order valence-electron chi connectivity index (χ0n) is 34.2. The number of Topliss-reactive ketones (excluding diaryl/α,β-unsaturated/α-hetero) is 2. The number of fused-ring (bicyclic) bond motifs is 6. The third-order valence-corrected chi connectivity index (χ3v) is 9.50. The highest BCUT2D eigenvalue weighted by atomic mass is 16.5. The Kier molecular flexibility index (Phi) is 13.8. The van der Waals surface area contributed by atoms with E-state index >= 15 is 0 Å². The molecule has 2 aromatic carbocycles. The Labute approximate surface area is 322 Å². The highest BCUT2D eigenvalue weighted by Crippen LogP contribution is 2.49. The van der Waals surface area contributed by atoms with Crippen molar-refractivity contribution in [3.8, 4) is 23.0 Å². The average Bonchev–Trinajstić information content (AvgIpc) is 3.12. The van der Waals surface area contributed by atoms with Gasteiger partial charge in [-0.15, -0.1) is 0 Å². The van der Waals surface area contributed by atoms with Gasteiger partial charge in [0.15, 0.2) is 22.7 Å². The summed E-state index contributed by atoms with van der Waals surface area (Å²) in [5, 5.41) is 9.00. The lowest BCUT2D eigenvalue weighted by Gasteiger charge is -2.35. The number of aryl methyl sites for hydroxylation is 2. The zero-order chi connectivity index (χ0) is 40.8. The SMILES string of the molecule is CCCc1cc(=O)oc2c(C(=O)CC)c(OC)c3c(c12)OC(C)(C)C=C3.CCCc1cc(=O)oc2c(C(=O)CC)c(OC)c3c(c12)OC(C)(C)CC3.CCO. The van der Waals surface area contributed by atoms with E-state index in [1.807, 2.05) is 46.8 Å². The number of hydrogen-bond acceptors (Lipinski definition) is 11. The van der Waals surface area contributed by atoms with Crippen LogP contribution in [0.3, 0.4) is 0 Å². The van der Waals surface area contributed by atoms with Crippen LogP contribution in [0.1, 0.15) is 137 Å². The van der Waals surface area contributed by atoms with E-state index in [1.54, 1.807) is 27.9 Å². The zero-order valence-corrected chi connectivity index (χ0v) is 34.2. The molecule has 0 amide bonds. The quantitative estimate of drug-likeness (QED) is 0.122. The molecule has 11 nitrogen and oxygen atoms in total. The van der Waals surface area contributed by atoms with Gasteiger partial charge in [-0.05, 0) is 83.6 Å². The minimum atomic E-state index is -0.513. The van der Waals surface area contributed by atoms with Gasteiger partial charge in [-0.2, -0.15) is 0 Å². The van der Waals surface area contributed by atoms with Crippen LogP contribution in [0.15, 0.2) is 36.6 Å². The van der Waals surface area contributed by atoms with E-state index in [0.29, 0.717) is 69.9 Å². The van der Waals surface area contributed by atoms with Gasteiger partial charge in [0.1, 0.15) is 45.3 Å². The Balaban J connectivity index is 0.000000228. The Morgan fingerprint density at radius 2 is 1.22 bits per heavy atom. The second kappa shape index (κ2) is 17.7. The van der Waals surface area contributed by atoms with Gasteiger partial charge < -0.3 is 32.9 Å². The first-order chi connectivity index (χ1) is 26.1. The summed E-state index contributed by atoms with van der Waals surface area (Å²) >= 11 is 0. The van der Waals surface area contributed by atoms with Crippen molar-refractivity contribution in [3.05, 3.63) is 72.4 Å². The third kappa shape index (κ3) is 8.82. The second-order valence-electron chi connectivity index (χ2n) is 14.7. The van der Waals surface area contributed by atoms with Crippen molar-refractivity contribution in [2.45, 2.75) is 125 Å². The molecule has 0 spiro atoms. The van der Waals surface area contributed by atoms with Crippen molar-refractivity contribution in [1.29, 1.82) is 0 Å². The molecule has 1 N–H and O–H groups in total. The molecule has 0 saturated carbocycles. The number of ketones is 2. The standard InChI is InChI=1S/C21H26O5.C21H24O5.C2H6O/c2*1-6-8-12-11-15(23)25-20-16(12)19-13(9-10-21(3,4)26-19)18(24-5)17(20)14(22)7-2;1-2-3/h11H,6-10H2,1-5H3;9-11H,6-8H2,1-5H3;3H,2H2,1H3. The topological polar surface area (TPSA) is 152 Å². The van der Waals surface area contributed by atoms with Crippen molar-refractivity contribution in [3.63, 3.8) is 0 Å². The van der Waals surface area contributed by atoms with Crippen LogP contribution in [-0.4, -0.2) is 48.7 Å². The predicted octanol–water partition coefficient (Wildman–Crippen LogP) is 8.98. The van der Waals surface area contributed by atoms with Gasteiger partial charge in [-0.25, -0.2) is 9.59 Å². The summed E-state index contributed by atoms with van der Waals surface area (Å²) in [5.74, 6) is 1.92. The number of carbonyl (C=O) groups is 2. The molecule has 11 heteroatoms. The van der Waals surface area contributed by atoms with E-state index in [2.05, 4.69) is 6.92 Å². The molecule has 4 heterocycles. The van der Waals surface area contributed by atoms with Crippen molar-refractivity contribution in [2.75, 3.05) is 20.8 Å². The molecule has 0 bridgehead atoms. The fraction of sp³-hybridized carbons (Fsp3) is 0.500. The molecule has 0 aliphatic carbocycles.